The van der Waals surface area contributed by atoms with Crippen molar-refractivity contribution < 1.29 is 14.7 Å². The second kappa shape index (κ2) is 7.15. The van der Waals surface area contributed by atoms with E-state index in [4.69, 9.17) is 5.11 Å². The fourth-order valence-electron chi connectivity index (χ4n) is 3.97. The Hall–Kier alpha value is -1.18. The molecule has 0 radical (unpaired) electrons. The van der Waals surface area contributed by atoms with E-state index in [1.54, 1.807) is 0 Å². The van der Waals surface area contributed by atoms with Gasteiger partial charge in [-0.1, -0.05) is 6.42 Å². The number of aliphatic hydroxyl groups is 1. The van der Waals surface area contributed by atoms with Gasteiger partial charge in [0.2, 0.25) is 0 Å². The number of urea groups is 1. The molecule has 0 saturated carbocycles. The topological polar surface area (TPSA) is 84.9 Å². The van der Waals surface area contributed by atoms with Crippen LogP contribution in [0.2, 0.25) is 0 Å². The Morgan fingerprint density at radius 3 is 2.61 bits per heavy atom. The van der Waals surface area contributed by atoms with Crippen molar-refractivity contribution in [1.29, 1.82) is 0 Å². The van der Waals surface area contributed by atoms with E-state index in [2.05, 4.69) is 15.5 Å². The van der Waals surface area contributed by atoms with Crippen molar-refractivity contribution in [2.45, 2.75) is 50.1 Å². The molecule has 0 aromatic heterocycles. The number of imide groups is 1. The van der Waals surface area contributed by atoms with Gasteiger partial charge in [-0.15, -0.1) is 0 Å². The Balaban J connectivity index is 1.55. The molecule has 3 aliphatic heterocycles. The summed E-state index contributed by atoms with van der Waals surface area (Å²) in [7, 11) is 0. The highest BCUT2D eigenvalue weighted by Crippen LogP contribution is 2.29. The quantitative estimate of drug-likeness (QED) is 0.615. The van der Waals surface area contributed by atoms with E-state index in [1.165, 1.54) is 17.7 Å². The maximum Gasteiger partial charge on any atom is 0.325 e. The lowest BCUT2D eigenvalue weighted by atomic mass is 9.87. The third-order valence-corrected chi connectivity index (χ3v) is 5.49. The van der Waals surface area contributed by atoms with Crippen LogP contribution >= 0.6 is 0 Å². The van der Waals surface area contributed by atoms with Crippen molar-refractivity contribution in [3.8, 4) is 0 Å². The van der Waals surface area contributed by atoms with Crippen molar-refractivity contribution in [3.63, 3.8) is 0 Å². The summed E-state index contributed by atoms with van der Waals surface area (Å²) in [6.07, 6.45) is 5.68. The number of nitrogens with one attached hydrogen (secondary N) is 2. The highest BCUT2D eigenvalue weighted by Gasteiger charge is 2.52. The smallest absolute Gasteiger partial charge is 0.325 e. The van der Waals surface area contributed by atoms with Gasteiger partial charge in [-0.25, -0.2) is 4.79 Å². The minimum Gasteiger partial charge on any atom is -0.395 e. The summed E-state index contributed by atoms with van der Waals surface area (Å²) in [6, 6.07) is 0.189. The molecule has 0 aromatic carbocycles. The largest absolute Gasteiger partial charge is 0.395 e. The van der Waals surface area contributed by atoms with Crippen LogP contribution < -0.4 is 10.6 Å². The van der Waals surface area contributed by atoms with Crippen molar-refractivity contribution in [2.75, 3.05) is 39.3 Å². The molecule has 3 fully saturated rings. The predicted octanol–water partition coefficient (Wildman–Crippen LogP) is -0.103. The van der Waals surface area contributed by atoms with E-state index in [1.807, 2.05) is 0 Å². The standard InChI is InChI=1S/C16H28N4O3/c21-12-11-19-9-5-16(6-10-19)14(22)20(15(23)18-16)8-4-13-3-1-2-7-17-13/h13,17,21H,1-12H2,(H,18,23). The van der Waals surface area contributed by atoms with Crippen molar-refractivity contribution in [2.24, 2.45) is 0 Å². The number of likely N-dealkylation sites (tertiary alicyclic amines) is 1. The first-order chi connectivity index (χ1) is 11.1. The molecular formula is C16H28N4O3. The second-order valence-electron chi connectivity index (χ2n) is 6.97. The van der Waals surface area contributed by atoms with Gasteiger partial charge in [-0.05, 0) is 38.6 Å². The number of β-amino-alcohol motifs (C(OH)–C–C–N with tert-alkyl or cyclic N) is 1. The average Bonchev–Trinajstić information content (AvgIpc) is 2.80. The zero-order valence-electron chi connectivity index (χ0n) is 13.7. The molecule has 23 heavy (non-hydrogen) atoms. The van der Waals surface area contributed by atoms with Gasteiger partial charge in [0.05, 0.1) is 6.61 Å². The Kier molecular flexibility index (Phi) is 5.18. The minimum atomic E-state index is -0.705. The summed E-state index contributed by atoms with van der Waals surface area (Å²) in [4.78, 5) is 28.6. The first kappa shape index (κ1) is 16.7. The van der Waals surface area contributed by atoms with Crippen LogP contribution in [0, 0.1) is 0 Å². The minimum absolute atomic E-state index is 0.0537. The lowest BCUT2D eigenvalue weighted by Crippen LogP contribution is -2.55. The van der Waals surface area contributed by atoms with Gasteiger partial charge in [-0.3, -0.25) is 9.69 Å². The monoisotopic (exact) mass is 324 g/mol. The van der Waals surface area contributed by atoms with E-state index in [9.17, 15) is 9.59 Å². The van der Waals surface area contributed by atoms with Crippen LogP contribution in [0.3, 0.4) is 0 Å². The molecule has 7 nitrogen and oxygen atoms in total. The number of carbonyl (C=O) groups is 2. The van der Waals surface area contributed by atoms with Crippen LogP contribution in [-0.4, -0.2) is 77.8 Å². The van der Waals surface area contributed by atoms with Gasteiger partial charge in [0, 0.05) is 32.2 Å². The third kappa shape index (κ3) is 3.51. The highest BCUT2D eigenvalue weighted by atomic mass is 16.3. The number of hydrogen-bond acceptors (Lipinski definition) is 5. The second-order valence-corrected chi connectivity index (χ2v) is 6.97. The zero-order chi connectivity index (χ0) is 16.3. The average molecular weight is 324 g/mol. The molecule has 0 aliphatic carbocycles. The number of carbonyl (C=O) groups excluding carboxylic acids is 2. The fourth-order valence-corrected chi connectivity index (χ4v) is 3.97. The van der Waals surface area contributed by atoms with Gasteiger partial charge >= 0.3 is 6.03 Å². The Bertz CT molecular complexity index is 443. The SMILES string of the molecule is O=C1NC2(CCN(CCO)CC2)C(=O)N1CCC1CCCCN1. The number of nitrogens with zero attached hydrogens (tertiary/aromatic N) is 2. The number of hydrogen-bond donors (Lipinski definition) is 3. The lowest BCUT2D eigenvalue weighted by Gasteiger charge is -2.37. The molecule has 0 bridgehead atoms. The Morgan fingerprint density at radius 1 is 1.17 bits per heavy atom. The molecule has 130 valence electrons. The van der Waals surface area contributed by atoms with E-state index in [0.717, 1.165) is 32.5 Å². The number of rotatable bonds is 5. The summed E-state index contributed by atoms with van der Waals surface area (Å²) in [5.74, 6) is -0.0537. The molecule has 1 unspecified atom stereocenters. The summed E-state index contributed by atoms with van der Waals surface area (Å²) in [5, 5.41) is 15.4. The summed E-state index contributed by atoms with van der Waals surface area (Å²) in [5.41, 5.74) is -0.705. The van der Waals surface area contributed by atoms with E-state index < -0.39 is 5.54 Å². The molecule has 1 spiro atoms. The van der Waals surface area contributed by atoms with Crippen molar-refractivity contribution >= 4 is 11.9 Å². The molecule has 0 aromatic rings. The molecule has 3 amide bonds. The summed E-state index contributed by atoms with van der Waals surface area (Å²) in [6.45, 7) is 3.79. The number of piperidine rings is 2. The van der Waals surface area contributed by atoms with Crippen molar-refractivity contribution in [3.05, 3.63) is 0 Å². The van der Waals surface area contributed by atoms with Gasteiger partial charge in [0.25, 0.3) is 5.91 Å². The molecule has 3 saturated heterocycles. The fraction of sp³-hybridized carbons (Fsp3) is 0.875. The Morgan fingerprint density at radius 2 is 1.96 bits per heavy atom. The van der Waals surface area contributed by atoms with Crippen LogP contribution in [0.15, 0.2) is 0 Å². The van der Waals surface area contributed by atoms with Gasteiger partial charge in [-0.2, -0.15) is 0 Å². The van der Waals surface area contributed by atoms with Crippen molar-refractivity contribution in [1.82, 2.24) is 20.4 Å². The molecule has 3 aliphatic rings. The lowest BCUT2D eigenvalue weighted by molar-refractivity contribution is -0.133. The van der Waals surface area contributed by atoms with Crippen LogP contribution in [0.4, 0.5) is 4.79 Å². The maximum absolute atomic E-state index is 12.8. The molecule has 3 heterocycles. The maximum atomic E-state index is 12.8. The van der Waals surface area contributed by atoms with E-state index >= 15 is 0 Å². The normalized spacial score (nSPS) is 28.4. The Labute approximate surface area is 137 Å². The summed E-state index contributed by atoms with van der Waals surface area (Å²) < 4.78 is 0. The highest BCUT2D eigenvalue weighted by molar-refractivity contribution is 6.07. The molecule has 3 rings (SSSR count). The zero-order valence-corrected chi connectivity index (χ0v) is 13.7. The van der Waals surface area contributed by atoms with Gasteiger partial charge in [0.1, 0.15) is 5.54 Å². The molecular weight excluding hydrogens is 296 g/mol. The van der Waals surface area contributed by atoms with Crippen LogP contribution in [0.1, 0.15) is 38.5 Å². The van der Waals surface area contributed by atoms with Gasteiger partial charge < -0.3 is 20.6 Å². The van der Waals surface area contributed by atoms with Crippen LogP contribution in [-0.2, 0) is 4.79 Å². The van der Waals surface area contributed by atoms with Crippen LogP contribution in [0.25, 0.3) is 0 Å². The van der Waals surface area contributed by atoms with Crippen LogP contribution in [0.5, 0.6) is 0 Å². The first-order valence-electron chi connectivity index (χ1n) is 8.85. The first-order valence-corrected chi connectivity index (χ1v) is 8.85. The predicted molar refractivity (Wildman–Crippen MR) is 86.0 cm³/mol. The molecule has 7 heteroatoms. The van der Waals surface area contributed by atoms with Gasteiger partial charge in [0.15, 0.2) is 0 Å². The third-order valence-electron chi connectivity index (χ3n) is 5.49. The molecule has 1 atom stereocenters. The van der Waals surface area contributed by atoms with E-state index in [0.29, 0.717) is 32.0 Å². The summed E-state index contributed by atoms with van der Waals surface area (Å²) >= 11 is 0. The number of amides is 3. The number of aliphatic hydroxyl groups excluding tert-OH is 1. The van der Waals surface area contributed by atoms with E-state index in [-0.39, 0.29) is 18.5 Å². The molecule has 3 N–H and O–H groups in total.